The van der Waals surface area contributed by atoms with Crippen molar-refractivity contribution in [2.24, 2.45) is 0 Å². The Morgan fingerprint density at radius 3 is 2.69 bits per heavy atom. The van der Waals surface area contributed by atoms with Crippen LogP contribution in [0.4, 0.5) is 11.4 Å². The predicted molar refractivity (Wildman–Crippen MR) is 122 cm³/mol. The highest BCUT2D eigenvalue weighted by atomic mass is 32.1. The van der Waals surface area contributed by atoms with Crippen LogP contribution in [0.2, 0.25) is 0 Å². The monoisotopic (exact) mass is 448 g/mol. The van der Waals surface area contributed by atoms with Crippen LogP contribution in [0.1, 0.15) is 18.2 Å². The van der Waals surface area contributed by atoms with Gasteiger partial charge in [-0.15, -0.1) is 11.3 Å². The summed E-state index contributed by atoms with van der Waals surface area (Å²) in [6.07, 6.45) is 0.811. The SMILES string of the molecule is CCCOc1ccccc1N1C(=O)C(Nc2ccc3c(c2)OCO3)=C(c2cccs2)C1=O. The average molecular weight is 449 g/mol. The van der Waals surface area contributed by atoms with Gasteiger partial charge in [-0.25, -0.2) is 4.90 Å². The highest BCUT2D eigenvalue weighted by Crippen LogP contribution is 2.40. The summed E-state index contributed by atoms with van der Waals surface area (Å²) in [5, 5.41) is 5.02. The molecular weight excluding hydrogens is 428 g/mol. The Kier molecular flexibility index (Phi) is 5.28. The first-order valence-corrected chi connectivity index (χ1v) is 11.1. The molecule has 7 nitrogen and oxygen atoms in total. The van der Waals surface area contributed by atoms with Crippen molar-refractivity contribution in [2.45, 2.75) is 13.3 Å². The van der Waals surface area contributed by atoms with Gasteiger partial charge in [-0.2, -0.15) is 0 Å². The van der Waals surface area contributed by atoms with Gasteiger partial charge in [0.05, 0.1) is 17.9 Å². The number of ether oxygens (including phenoxy) is 3. The number of nitrogens with one attached hydrogen (secondary N) is 1. The van der Waals surface area contributed by atoms with Crippen LogP contribution in [-0.2, 0) is 9.59 Å². The minimum atomic E-state index is -0.441. The van der Waals surface area contributed by atoms with Crippen molar-refractivity contribution >= 4 is 40.1 Å². The van der Waals surface area contributed by atoms with Crippen LogP contribution < -0.4 is 24.4 Å². The molecule has 0 fully saturated rings. The van der Waals surface area contributed by atoms with Crippen LogP contribution in [0.15, 0.2) is 65.7 Å². The largest absolute Gasteiger partial charge is 0.491 e. The maximum absolute atomic E-state index is 13.6. The molecule has 162 valence electrons. The van der Waals surface area contributed by atoms with Gasteiger partial charge in [-0.1, -0.05) is 25.1 Å². The Balaban J connectivity index is 1.55. The van der Waals surface area contributed by atoms with Crippen molar-refractivity contribution in [3.05, 3.63) is 70.6 Å². The first-order chi connectivity index (χ1) is 15.7. The van der Waals surface area contributed by atoms with Crippen molar-refractivity contribution in [1.29, 1.82) is 0 Å². The maximum Gasteiger partial charge on any atom is 0.282 e. The molecule has 0 saturated heterocycles. The van der Waals surface area contributed by atoms with Gasteiger partial charge in [-0.05, 0) is 42.1 Å². The number of imide groups is 1. The number of thiophene rings is 1. The van der Waals surface area contributed by atoms with E-state index in [9.17, 15) is 9.59 Å². The number of carbonyl (C=O) groups is 2. The fourth-order valence-electron chi connectivity index (χ4n) is 3.61. The third-order valence-corrected chi connectivity index (χ3v) is 5.95. The van der Waals surface area contributed by atoms with Gasteiger partial charge in [-0.3, -0.25) is 9.59 Å². The zero-order valence-corrected chi connectivity index (χ0v) is 18.1. The third-order valence-electron chi connectivity index (χ3n) is 5.06. The maximum atomic E-state index is 13.6. The number of anilines is 2. The molecule has 0 bridgehead atoms. The molecule has 3 heterocycles. The van der Waals surface area contributed by atoms with E-state index in [1.807, 2.05) is 30.5 Å². The summed E-state index contributed by atoms with van der Waals surface area (Å²) in [5.41, 5.74) is 1.58. The second-order valence-electron chi connectivity index (χ2n) is 7.18. The first-order valence-electron chi connectivity index (χ1n) is 10.2. The Hall–Kier alpha value is -3.78. The van der Waals surface area contributed by atoms with E-state index in [0.29, 0.717) is 45.7 Å². The highest BCUT2D eigenvalue weighted by molar-refractivity contribution is 7.11. The van der Waals surface area contributed by atoms with Gasteiger partial charge >= 0.3 is 0 Å². The molecule has 0 aliphatic carbocycles. The van der Waals surface area contributed by atoms with Crippen molar-refractivity contribution in [2.75, 3.05) is 23.6 Å². The number of carbonyl (C=O) groups excluding carboxylic acids is 2. The summed E-state index contributed by atoms with van der Waals surface area (Å²) < 4.78 is 16.6. The minimum absolute atomic E-state index is 0.154. The number of hydrogen-bond donors (Lipinski definition) is 1. The fraction of sp³-hybridized carbons (Fsp3) is 0.167. The summed E-state index contributed by atoms with van der Waals surface area (Å²) in [4.78, 5) is 29.0. The summed E-state index contributed by atoms with van der Waals surface area (Å²) in [7, 11) is 0. The summed E-state index contributed by atoms with van der Waals surface area (Å²) in [5.74, 6) is 0.878. The Labute approximate surface area is 188 Å². The van der Waals surface area contributed by atoms with Gasteiger partial charge in [0.25, 0.3) is 11.8 Å². The molecule has 2 aromatic carbocycles. The van der Waals surface area contributed by atoms with Crippen molar-refractivity contribution in [1.82, 2.24) is 0 Å². The van der Waals surface area contributed by atoms with Crippen LogP contribution in [0, 0.1) is 0 Å². The number of rotatable bonds is 7. The van der Waals surface area contributed by atoms with Gasteiger partial charge in [0, 0.05) is 16.6 Å². The van der Waals surface area contributed by atoms with E-state index in [1.165, 1.54) is 16.2 Å². The second kappa shape index (κ2) is 8.39. The lowest BCUT2D eigenvalue weighted by Gasteiger charge is -2.19. The number of amides is 2. The van der Waals surface area contributed by atoms with Crippen LogP contribution in [0.25, 0.3) is 5.57 Å². The Morgan fingerprint density at radius 2 is 1.88 bits per heavy atom. The fourth-order valence-corrected chi connectivity index (χ4v) is 4.38. The van der Waals surface area contributed by atoms with Crippen LogP contribution in [0.3, 0.4) is 0 Å². The average Bonchev–Trinajstić information content (AvgIpc) is 3.53. The standard InChI is InChI=1S/C24H20N2O5S/c1-2-11-29-17-7-4-3-6-16(17)26-23(27)21(20-8-5-12-32-20)22(24(26)28)25-15-9-10-18-19(13-15)31-14-30-18/h3-10,12-13,25H,2,11,14H2,1H3. The lowest BCUT2D eigenvalue weighted by Crippen LogP contribution is -2.32. The number of fused-ring (bicyclic) bond motifs is 1. The zero-order valence-electron chi connectivity index (χ0n) is 17.3. The van der Waals surface area contributed by atoms with E-state index < -0.39 is 11.8 Å². The number of benzene rings is 2. The van der Waals surface area contributed by atoms with E-state index in [4.69, 9.17) is 14.2 Å². The molecule has 0 unspecified atom stereocenters. The number of nitrogens with zero attached hydrogens (tertiary/aromatic N) is 1. The van der Waals surface area contributed by atoms with Gasteiger partial charge in [0.1, 0.15) is 11.4 Å². The quantitative estimate of drug-likeness (QED) is 0.530. The smallest absolute Gasteiger partial charge is 0.282 e. The molecule has 0 saturated carbocycles. The molecule has 2 amide bonds. The molecule has 2 aliphatic heterocycles. The van der Waals surface area contributed by atoms with Crippen molar-refractivity contribution in [3.63, 3.8) is 0 Å². The van der Waals surface area contributed by atoms with Crippen LogP contribution in [0.5, 0.6) is 17.2 Å². The molecule has 8 heteroatoms. The highest BCUT2D eigenvalue weighted by Gasteiger charge is 2.42. The first kappa shape index (κ1) is 20.1. The van der Waals surface area contributed by atoms with Crippen LogP contribution >= 0.6 is 11.3 Å². The van der Waals surface area contributed by atoms with Crippen molar-refractivity contribution in [3.8, 4) is 17.2 Å². The minimum Gasteiger partial charge on any atom is -0.491 e. The predicted octanol–water partition coefficient (Wildman–Crippen LogP) is 4.66. The van der Waals surface area contributed by atoms with E-state index in [2.05, 4.69) is 5.32 Å². The van der Waals surface area contributed by atoms with Crippen molar-refractivity contribution < 1.29 is 23.8 Å². The molecule has 3 aromatic rings. The topological polar surface area (TPSA) is 77.1 Å². The second-order valence-corrected chi connectivity index (χ2v) is 8.13. The molecule has 0 radical (unpaired) electrons. The Morgan fingerprint density at radius 1 is 1.03 bits per heavy atom. The van der Waals surface area contributed by atoms with Gasteiger partial charge in [0.15, 0.2) is 11.5 Å². The van der Waals surface area contributed by atoms with Crippen LogP contribution in [-0.4, -0.2) is 25.2 Å². The van der Waals surface area contributed by atoms with Gasteiger partial charge in [0.2, 0.25) is 6.79 Å². The van der Waals surface area contributed by atoms with Gasteiger partial charge < -0.3 is 19.5 Å². The number of para-hydroxylation sites is 2. The normalized spacial score (nSPS) is 15.0. The molecule has 0 spiro atoms. The zero-order chi connectivity index (χ0) is 22.1. The van der Waals surface area contributed by atoms with E-state index >= 15 is 0 Å². The third kappa shape index (κ3) is 3.48. The van der Waals surface area contributed by atoms with E-state index in [1.54, 1.807) is 36.4 Å². The van der Waals surface area contributed by atoms with E-state index in [0.717, 1.165) is 6.42 Å². The molecule has 1 N–H and O–H groups in total. The molecule has 5 rings (SSSR count). The van der Waals surface area contributed by atoms with E-state index in [-0.39, 0.29) is 12.5 Å². The number of hydrogen-bond acceptors (Lipinski definition) is 7. The Bertz CT molecular complexity index is 1220. The lowest BCUT2D eigenvalue weighted by molar-refractivity contribution is -0.120. The molecule has 0 atom stereocenters. The molecule has 2 aliphatic rings. The summed E-state index contributed by atoms with van der Waals surface area (Å²) in [6, 6.07) is 16.1. The molecule has 32 heavy (non-hydrogen) atoms. The molecule has 1 aromatic heterocycles. The lowest BCUT2D eigenvalue weighted by atomic mass is 10.1. The summed E-state index contributed by atoms with van der Waals surface area (Å²) >= 11 is 1.40. The molecular formula is C24H20N2O5S. The summed E-state index contributed by atoms with van der Waals surface area (Å²) in [6.45, 7) is 2.64.